The van der Waals surface area contributed by atoms with E-state index in [9.17, 15) is 9.59 Å². The summed E-state index contributed by atoms with van der Waals surface area (Å²) in [7, 11) is 1.30. The van der Waals surface area contributed by atoms with Gasteiger partial charge in [-0.05, 0) is 24.8 Å². The van der Waals surface area contributed by atoms with Crippen molar-refractivity contribution in [1.82, 2.24) is 5.16 Å². The molecule has 0 saturated heterocycles. The SMILES string of the molecule is COC(=O)c1scc(C)c1NC(=O)c1oncc1C. The second-order valence-electron chi connectivity index (χ2n) is 3.91. The lowest BCUT2D eigenvalue weighted by Gasteiger charge is -2.05. The molecule has 0 unspecified atom stereocenters. The number of ether oxygens (including phenoxy) is 1. The van der Waals surface area contributed by atoms with Crippen LogP contribution in [0, 0.1) is 13.8 Å². The number of aryl methyl sites for hydroxylation is 2. The van der Waals surface area contributed by atoms with Gasteiger partial charge in [-0.3, -0.25) is 4.79 Å². The topological polar surface area (TPSA) is 81.4 Å². The molecule has 1 N–H and O–H groups in total. The van der Waals surface area contributed by atoms with E-state index in [2.05, 4.69) is 15.2 Å². The fourth-order valence-electron chi connectivity index (χ4n) is 1.52. The van der Waals surface area contributed by atoms with Gasteiger partial charge in [0.1, 0.15) is 4.88 Å². The molecule has 0 aromatic carbocycles. The number of hydrogen-bond acceptors (Lipinski definition) is 6. The highest BCUT2D eigenvalue weighted by molar-refractivity contribution is 7.12. The third-order valence-corrected chi connectivity index (χ3v) is 3.62. The Balaban J connectivity index is 2.29. The monoisotopic (exact) mass is 280 g/mol. The first kappa shape index (κ1) is 13.3. The average Bonchev–Trinajstić information content (AvgIpc) is 2.96. The Labute approximate surface area is 113 Å². The first-order valence-corrected chi connectivity index (χ1v) is 6.31. The summed E-state index contributed by atoms with van der Waals surface area (Å²) < 4.78 is 9.54. The highest BCUT2D eigenvalue weighted by atomic mass is 32.1. The second-order valence-corrected chi connectivity index (χ2v) is 4.79. The van der Waals surface area contributed by atoms with Gasteiger partial charge in [0.2, 0.25) is 5.76 Å². The summed E-state index contributed by atoms with van der Waals surface area (Å²) in [6.45, 7) is 3.51. The quantitative estimate of drug-likeness (QED) is 0.873. The van der Waals surface area contributed by atoms with Gasteiger partial charge >= 0.3 is 5.97 Å². The number of nitrogens with zero attached hydrogens (tertiary/aromatic N) is 1. The van der Waals surface area contributed by atoms with Crippen LogP contribution < -0.4 is 5.32 Å². The smallest absolute Gasteiger partial charge is 0.350 e. The summed E-state index contributed by atoms with van der Waals surface area (Å²) in [6, 6.07) is 0. The summed E-state index contributed by atoms with van der Waals surface area (Å²) in [5.74, 6) is -0.800. The summed E-state index contributed by atoms with van der Waals surface area (Å²) in [6.07, 6.45) is 1.45. The van der Waals surface area contributed by atoms with Gasteiger partial charge in [0, 0.05) is 5.56 Å². The summed E-state index contributed by atoms with van der Waals surface area (Å²) in [5, 5.41) is 7.97. The summed E-state index contributed by atoms with van der Waals surface area (Å²) in [4.78, 5) is 24.0. The maximum absolute atomic E-state index is 12.0. The zero-order valence-electron chi connectivity index (χ0n) is 10.6. The van der Waals surface area contributed by atoms with Crippen molar-refractivity contribution < 1.29 is 18.8 Å². The Morgan fingerprint density at radius 2 is 2.11 bits per heavy atom. The van der Waals surface area contributed by atoms with Crippen LogP contribution in [0.5, 0.6) is 0 Å². The number of hydrogen-bond donors (Lipinski definition) is 1. The van der Waals surface area contributed by atoms with Crippen LogP contribution in [0.2, 0.25) is 0 Å². The predicted octanol–water partition coefficient (Wildman–Crippen LogP) is 2.39. The standard InChI is InChI=1S/C12H12N2O4S/c1-6-4-13-18-9(6)11(15)14-8-7(2)5-19-10(8)12(16)17-3/h4-5H,1-3H3,(H,14,15). The van der Waals surface area contributed by atoms with E-state index in [-0.39, 0.29) is 5.76 Å². The number of thiophene rings is 1. The fraction of sp³-hybridized carbons (Fsp3) is 0.250. The number of methoxy groups -OCH3 is 1. The Morgan fingerprint density at radius 1 is 1.37 bits per heavy atom. The van der Waals surface area contributed by atoms with Crippen molar-refractivity contribution >= 4 is 28.9 Å². The van der Waals surface area contributed by atoms with Gasteiger partial charge in [-0.25, -0.2) is 4.79 Å². The van der Waals surface area contributed by atoms with Crippen LogP contribution in [0.3, 0.4) is 0 Å². The van der Waals surface area contributed by atoms with Crippen LogP contribution in [0.1, 0.15) is 31.4 Å². The second kappa shape index (κ2) is 5.23. The molecule has 19 heavy (non-hydrogen) atoms. The number of carbonyl (C=O) groups excluding carboxylic acids is 2. The predicted molar refractivity (Wildman–Crippen MR) is 69.6 cm³/mol. The molecule has 0 atom stereocenters. The molecule has 2 rings (SSSR count). The highest BCUT2D eigenvalue weighted by Gasteiger charge is 2.21. The number of nitrogens with one attached hydrogen (secondary N) is 1. The summed E-state index contributed by atoms with van der Waals surface area (Å²) in [5.41, 5.74) is 1.86. The molecule has 0 spiro atoms. The Morgan fingerprint density at radius 3 is 2.68 bits per heavy atom. The zero-order chi connectivity index (χ0) is 14.0. The molecule has 0 fully saturated rings. The third kappa shape index (κ3) is 2.50. The minimum Gasteiger partial charge on any atom is -0.465 e. The molecule has 100 valence electrons. The van der Waals surface area contributed by atoms with E-state index in [4.69, 9.17) is 4.52 Å². The van der Waals surface area contributed by atoms with Crippen molar-refractivity contribution in [3.63, 3.8) is 0 Å². The largest absolute Gasteiger partial charge is 0.465 e. The van der Waals surface area contributed by atoms with Gasteiger partial charge in [-0.15, -0.1) is 11.3 Å². The molecule has 7 heteroatoms. The van der Waals surface area contributed by atoms with E-state index < -0.39 is 11.9 Å². The van der Waals surface area contributed by atoms with Gasteiger partial charge in [0.25, 0.3) is 5.91 Å². The molecule has 6 nitrogen and oxygen atoms in total. The van der Waals surface area contributed by atoms with Crippen LogP contribution in [0.4, 0.5) is 5.69 Å². The number of anilines is 1. The average molecular weight is 280 g/mol. The van der Waals surface area contributed by atoms with E-state index in [1.165, 1.54) is 24.6 Å². The van der Waals surface area contributed by atoms with Crippen molar-refractivity contribution in [3.05, 3.63) is 33.3 Å². The van der Waals surface area contributed by atoms with E-state index in [0.29, 0.717) is 16.1 Å². The fourth-order valence-corrected chi connectivity index (χ4v) is 2.44. The maximum atomic E-state index is 12.0. The molecule has 1 amide bonds. The van der Waals surface area contributed by atoms with Crippen molar-refractivity contribution in [2.45, 2.75) is 13.8 Å². The first-order valence-electron chi connectivity index (χ1n) is 5.43. The Kier molecular flexibility index (Phi) is 3.66. The lowest BCUT2D eigenvalue weighted by molar-refractivity contribution is 0.0607. The van der Waals surface area contributed by atoms with E-state index in [1.54, 1.807) is 19.2 Å². The van der Waals surface area contributed by atoms with Crippen LogP contribution in [-0.4, -0.2) is 24.1 Å². The van der Waals surface area contributed by atoms with E-state index >= 15 is 0 Å². The Hall–Kier alpha value is -2.15. The zero-order valence-corrected chi connectivity index (χ0v) is 11.5. The van der Waals surface area contributed by atoms with E-state index in [0.717, 1.165) is 5.56 Å². The molecule has 0 aliphatic heterocycles. The lowest BCUT2D eigenvalue weighted by Crippen LogP contribution is -2.15. The molecular formula is C12H12N2O4S. The molecule has 0 aliphatic rings. The first-order chi connectivity index (χ1) is 9.04. The molecule has 0 radical (unpaired) electrons. The van der Waals surface area contributed by atoms with Gasteiger partial charge in [0.05, 0.1) is 19.0 Å². The highest BCUT2D eigenvalue weighted by Crippen LogP contribution is 2.28. The van der Waals surface area contributed by atoms with Gasteiger partial charge < -0.3 is 14.6 Å². The molecule has 0 saturated carbocycles. The van der Waals surface area contributed by atoms with Crippen LogP contribution in [-0.2, 0) is 4.74 Å². The molecule has 2 aromatic rings. The molecule has 0 bridgehead atoms. The summed E-state index contributed by atoms with van der Waals surface area (Å²) >= 11 is 1.22. The number of amides is 1. The minimum atomic E-state index is -0.484. The molecule has 0 aliphatic carbocycles. The number of aromatic nitrogens is 1. The van der Waals surface area contributed by atoms with Gasteiger partial charge in [0.15, 0.2) is 0 Å². The van der Waals surface area contributed by atoms with Crippen molar-refractivity contribution in [2.75, 3.05) is 12.4 Å². The lowest BCUT2D eigenvalue weighted by atomic mass is 10.2. The maximum Gasteiger partial charge on any atom is 0.350 e. The van der Waals surface area contributed by atoms with E-state index in [1.807, 2.05) is 0 Å². The number of rotatable bonds is 3. The molecular weight excluding hydrogens is 268 g/mol. The van der Waals surface area contributed by atoms with Crippen LogP contribution >= 0.6 is 11.3 Å². The molecule has 2 aromatic heterocycles. The number of esters is 1. The van der Waals surface area contributed by atoms with Gasteiger partial charge in [-0.2, -0.15) is 0 Å². The third-order valence-electron chi connectivity index (χ3n) is 2.54. The number of carbonyl (C=O) groups is 2. The van der Waals surface area contributed by atoms with Crippen molar-refractivity contribution in [1.29, 1.82) is 0 Å². The van der Waals surface area contributed by atoms with Crippen molar-refractivity contribution in [3.8, 4) is 0 Å². The van der Waals surface area contributed by atoms with Crippen LogP contribution in [0.25, 0.3) is 0 Å². The van der Waals surface area contributed by atoms with Gasteiger partial charge in [-0.1, -0.05) is 5.16 Å². The Bertz CT molecular complexity index is 629. The minimum absolute atomic E-state index is 0.126. The van der Waals surface area contributed by atoms with Crippen molar-refractivity contribution in [2.24, 2.45) is 0 Å². The normalized spacial score (nSPS) is 10.3. The molecule has 2 heterocycles. The van der Waals surface area contributed by atoms with Crippen LogP contribution in [0.15, 0.2) is 16.1 Å².